The minimum atomic E-state index is 1.01. The second-order valence-electron chi connectivity index (χ2n) is 5.24. The first-order valence-corrected chi connectivity index (χ1v) is 7.25. The Hall–Kier alpha value is -1.83. The number of unbranched alkanes of at least 4 members (excludes halogenated alkanes) is 1. The van der Waals surface area contributed by atoms with Crippen molar-refractivity contribution in [2.24, 2.45) is 0 Å². The maximum Gasteiger partial charge on any atom is 0.153 e. The van der Waals surface area contributed by atoms with Gasteiger partial charge in [-0.25, -0.2) is 4.58 Å². The van der Waals surface area contributed by atoms with E-state index in [-0.39, 0.29) is 0 Å². The Labute approximate surface area is 122 Å². The molecule has 0 spiro atoms. The van der Waals surface area contributed by atoms with Gasteiger partial charge in [-0.1, -0.05) is 37.6 Å². The van der Waals surface area contributed by atoms with Gasteiger partial charge in [-0.2, -0.15) is 0 Å². The molecule has 0 amide bonds. The Morgan fingerprint density at radius 1 is 1.30 bits per heavy atom. The van der Waals surface area contributed by atoms with Gasteiger partial charge in [0.15, 0.2) is 5.71 Å². The molecule has 0 unspecified atom stereocenters. The molecule has 0 aliphatic rings. The Morgan fingerprint density at radius 3 is 2.55 bits per heavy atom. The van der Waals surface area contributed by atoms with E-state index >= 15 is 0 Å². The van der Waals surface area contributed by atoms with E-state index < -0.39 is 0 Å². The summed E-state index contributed by atoms with van der Waals surface area (Å²) in [5.41, 5.74) is 3.97. The molecule has 1 heterocycles. The van der Waals surface area contributed by atoms with Crippen LogP contribution < -0.4 is 0 Å². The van der Waals surface area contributed by atoms with Crippen molar-refractivity contribution in [2.75, 3.05) is 14.1 Å². The fourth-order valence-corrected chi connectivity index (χ4v) is 1.92. The highest BCUT2D eigenvalue weighted by Crippen LogP contribution is 2.18. The average Bonchev–Trinajstić information content (AvgIpc) is 2.84. The fraction of sp³-hybridized carbons (Fsp3) is 0.389. The zero-order valence-corrected chi connectivity index (χ0v) is 13.2. The summed E-state index contributed by atoms with van der Waals surface area (Å²) in [6.07, 6.45) is 7.43. The Bertz CT molecular complexity index is 572. The summed E-state index contributed by atoms with van der Waals surface area (Å²) in [4.78, 5) is 3.30. The van der Waals surface area contributed by atoms with Gasteiger partial charge in [-0.15, -0.1) is 6.58 Å². The lowest BCUT2D eigenvalue weighted by molar-refractivity contribution is -0.466. The SMILES string of the molecule is C=CCCC.CC(Cc1c[nH]c2ccccc12)=[N+](C)C. The lowest BCUT2D eigenvalue weighted by Gasteiger charge is -1.97. The Kier molecular flexibility index (Phi) is 6.78. The molecule has 0 fully saturated rings. The van der Waals surface area contributed by atoms with Crippen molar-refractivity contribution in [1.82, 2.24) is 4.98 Å². The number of aromatic amines is 1. The fourth-order valence-electron chi connectivity index (χ4n) is 1.92. The van der Waals surface area contributed by atoms with Gasteiger partial charge in [0.1, 0.15) is 14.1 Å². The summed E-state index contributed by atoms with van der Waals surface area (Å²) in [5, 5.41) is 1.33. The number of allylic oxidation sites excluding steroid dienone is 1. The third-order valence-electron chi connectivity index (χ3n) is 3.38. The molecule has 1 aromatic carbocycles. The van der Waals surface area contributed by atoms with Crippen LogP contribution in [0.25, 0.3) is 10.9 Å². The van der Waals surface area contributed by atoms with Crippen molar-refractivity contribution in [2.45, 2.75) is 33.1 Å². The van der Waals surface area contributed by atoms with Crippen molar-refractivity contribution in [1.29, 1.82) is 0 Å². The topological polar surface area (TPSA) is 18.8 Å². The van der Waals surface area contributed by atoms with E-state index in [0.29, 0.717) is 0 Å². The van der Waals surface area contributed by atoms with Gasteiger partial charge in [0.2, 0.25) is 0 Å². The van der Waals surface area contributed by atoms with E-state index in [0.717, 1.165) is 12.8 Å². The third-order valence-corrected chi connectivity index (χ3v) is 3.38. The smallest absolute Gasteiger partial charge is 0.153 e. The van der Waals surface area contributed by atoms with Gasteiger partial charge < -0.3 is 4.98 Å². The maximum atomic E-state index is 3.55. The monoisotopic (exact) mass is 271 g/mol. The van der Waals surface area contributed by atoms with Gasteiger partial charge in [0.25, 0.3) is 0 Å². The first kappa shape index (κ1) is 16.2. The molecular weight excluding hydrogens is 244 g/mol. The second kappa shape index (κ2) is 8.36. The first-order chi connectivity index (χ1) is 9.60. The largest absolute Gasteiger partial charge is 0.361 e. The number of hydrogen-bond donors (Lipinski definition) is 1. The molecule has 0 saturated carbocycles. The number of aromatic nitrogens is 1. The molecule has 0 radical (unpaired) electrons. The van der Waals surface area contributed by atoms with Gasteiger partial charge in [-0.3, -0.25) is 0 Å². The van der Waals surface area contributed by atoms with E-state index in [4.69, 9.17) is 0 Å². The number of H-pyrrole nitrogens is 1. The first-order valence-electron chi connectivity index (χ1n) is 7.25. The van der Waals surface area contributed by atoms with Crippen molar-refractivity contribution in [3.05, 3.63) is 48.7 Å². The molecule has 0 aliphatic heterocycles. The van der Waals surface area contributed by atoms with Crippen LogP contribution in [0.2, 0.25) is 0 Å². The number of nitrogens with zero attached hydrogens (tertiary/aromatic N) is 1. The number of fused-ring (bicyclic) bond motifs is 1. The molecule has 108 valence electrons. The molecule has 2 nitrogen and oxygen atoms in total. The summed E-state index contributed by atoms with van der Waals surface area (Å²) < 4.78 is 2.17. The summed E-state index contributed by atoms with van der Waals surface area (Å²) in [5.74, 6) is 0. The molecule has 20 heavy (non-hydrogen) atoms. The lowest BCUT2D eigenvalue weighted by Crippen LogP contribution is -2.11. The number of para-hydroxylation sites is 1. The molecule has 2 aromatic rings. The molecule has 0 atom stereocenters. The van der Waals surface area contributed by atoms with Crippen LogP contribution in [-0.2, 0) is 6.42 Å². The zero-order valence-electron chi connectivity index (χ0n) is 13.2. The Morgan fingerprint density at radius 2 is 2.00 bits per heavy atom. The number of hydrogen-bond acceptors (Lipinski definition) is 0. The lowest BCUT2D eigenvalue weighted by atomic mass is 10.1. The maximum absolute atomic E-state index is 3.55. The van der Waals surface area contributed by atoms with Crippen molar-refractivity contribution < 1.29 is 4.58 Å². The standard InChI is InChI=1S/C13H17N2.C5H10/c1-10(15(2)3)8-11-9-14-13-7-5-4-6-12(11)13;1-3-5-4-2/h4-7,9,14H,8H2,1-3H3;3H,1,4-5H2,2H3/q+1;. The highest BCUT2D eigenvalue weighted by molar-refractivity contribution is 5.89. The van der Waals surface area contributed by atoms with Crippen LogP contribution in [0.4, 0.5) is 0 Å². The van der Waals surface area contributed by atoms with Crippen LogP contribution in [0.5, 0.6) is 0 Å². The number of benzene rings is 1. The van der Waals surface area contributed by atoms with Crippen LogP contribution in [0, 0.1) is 0 Å². The molecule has 2 heteroatoms. The van der Waals surface area contributed by atoms with Gasteiger partial charge >= 0.3 is 0 Å². The van der Waals surface area contributed by atoms with Crippen molar-refractivity contribution in [3.63, 3.8) is 0 Å². The van der Waals surface area contributed by atoms with Gasteiger partial charge in [0, 0.05) is 24.0 Å². The number of rotatable bonds is 4. The van der Waals surface area contributed by atoms with Crippen LogP contribution in [0.3, 0.4) is 0 Å². The van der Waals surface area contributed by atoms with Crippen LogP contribution in [-0.4, -0.2) is 29.4 Å². The van der Waals surface area contributed by atoms with E-state index in [1.807, 2.05) is 6.08 Å². The second-order valence-corrected chi connectivity index (χ2v) is 5.24. The van der Waals surface area contributed by atoms with Crippen molar-refractivity contribution >= 4 is 16.6 Å². The van der Waals surface area contributed by atoms with Crippen molar-refractivity contribution in [3.8, 4) is 0 Å². The minimum absolute atomic E-state index is 1.01. The number of nitrogens with one attached hydrogen (secondary N) is 1. The Balaban J connectivity index is 0.000000347. The molecule has 0 saturated heterocycles. The molecule has 1 N–H and O–H groups in total. The molecule has 2 rings (SSSR count). The summed E-state index contributed by atoms with van der Waals surface area (Å²) in [7, 11) is 4.17. The van der Waals surface area contributed by atoms with E-state index in [2.05, 4.69) is 74.5 Å². The van der Waals surface area contributed by atoms with Gasteiger partial charge in [-0.05, 0) is 18.1 Å². The highest BCUT2D eigenvalue weighted by Gasteiger charge is 2.07. The molecular formula is C18H27N2+. The van der Waals surface area contributed by atoms with Crippen LogP contribution in [0.1, 0.15) is 32.3 Å². The summed E-state index contributed by atoms with van der Waals surface area (Å²) >= 11 is 0. The summed E-state index contributed by atoms with van der Waals surface area (Å²) in [6.45, 7) is 7.86. The minimum Gasteiger partial charge on any atom is -0.361 e. The molecule has 0 bridgehead atoms. The summed E-state index contributed by atoms with van der Waals surface area (Å²) in [6, 6.07) is 8.43. The van der Waals surface area contributed by atoms with Crippen LogP contribution in [0.15, 0.2) is 43.1 Å². The van der Waals surface area contributed by atoms with Crippen LogP contribution >= 0.6 is 0 Å². The molecule has 1 aromatic heterocycles. The van der Waals surface area contributed by atoms with Gasteiger partial charge in [0.05, 0.1) is 6.42 Å². The quantitative estimate of drug-likeness (QED) is 0.482. The van der Waals surface area contributed by atoms with E-state index in [1.165, 1.54) is 28.6 Å². The average molecular weight is 271 g/mol. The van der Waals surface area contributed by atoms with E-state index in [1.54, 1.807) is 0 Å². The van der Waals surface area contributed by atoms with E-state index in [9.17, 15) is 0 Å². The third kappa shape index (κ3) is 4.69. The predicted octanol–water partition coefficient (Wildman–Crippen LogP) is 4.42. The highest BCUT2D eigenvalue weighted by atomic mass is 14.9. The predicted molar refractivity (Wildman–Crippen MR) is 89.9 cm³/mol. The molecule has 0 aliphatic carbocycles. The zero-order chi connectivity index (χ0) is 15.0. The normalized spacial score (nSPS) is 9.80.